The van der Waals surface area contributed by atoms with Crippen LogP contribution in [0.3, 0.4) is 0 Å². The number of nitrogens with one attached hydrogen (secondary N) is 2. The molecule has 2 aromatic rings. The van der Waals surface area contributed by atoms with Crippen molar-refractivity contribution in [1.82, 2.24) is 5.32 Å². The van der Waals surface area contributed by atoms with Gasteiger partial charge in [-0.3, -0.25) is 10.1 Å². The molecule has 30 heavy (non-hydrogen) atoms. The summed E-state index contributed by atoms with van der Waals surface area (Å²) in [5, 5.41) is 5.21. The van der Waals surface area contributed by atoms with Gasteiger partial charge in [-0.1, -0.05) is 0 Å². The summed E-state index contributed by atoms with van der Waals surface area (Å²) >= 11 is 5.19. The first kappa shape index (κ1) is 21.9. The van der Waals surface area contributed by atoms with Gasteiger partial charge in [-0.25, -0.2) is 0 Å². The standard InChI is InChI=1S/C21H22F3N3O2S/c1-29-16-8-5-14(6-9-16)19(28)26-20(30)25-17-13-15(21(22,23)24)7-10-18(17)27-11-3-2-4-12-27/h5-10,13H,2-4,11-12H2,1H3,(H2,25,26,28,30). The van der Waals surface area contributed by atoms with Crippen molar-refractivity contribution in [2.75, 3.05) is 30.4 Å². The van der Waals surface area contributed by atoms with Crippen LogP contribution >= 0.6 is 12.2 Å². The van der Waals surface area contributed by atoms with Crippen molar-refractivity contribution < 1.29 is 22.7 Å². The van der Waals surface area contributed by atoms with Crippen molar-refractivity contribution in [3.63, 3.8) is 0 Å². The summed E-state index contributed by atoms with van der Waals surface area (Å²) in [6, 6.07) is 9.94. The highest BCUT2D eigenvalue weighted by molar-refractivity contribution is 7.80. The highest BCUT2D eigenvalue weighted by Crippen LogP contribution is 2.36. The van der Waals surface area contributed by atoms with Gasteiger partial charge in [-0.15, -0.1) is 0 Å². The van der Waals surface area contributed by atoms with E-state index >= 15 is 0 Å². The number of carbonyl (C=O) groups excluding carboxylic acids is 1. The van der Waals surface area contributed by atoms with E-state index in [9.17, 15) is 18.0 Å². The van der Waals surface area contributed by atoms with Crippen molar-refractivity contribution in [3.8, 4) is 5.75 Å². The number of anilines is 2. The number of thiocarbonyl (C=S) groups is 1. The molecule has 2 N–H and O–H groups in total. The molecule has 0 unspecified atom stereocenters. The quantitative estimate of drug-likeness (QED) is 0.671. The van der Waals surface area contributed by atoms with E-state index in [1.54, 1.807) is 24.3 Å². The van der Waals surface area contributed by atoms with Crippen LogP contribution in [0.1, 0.15) is 35.2 Å². The molecule has 0 radical (unpaired) electrons. The molecule has 1 aliphatic rings. The average Bonchev–Trinajstić information content (AvgIpc) is 2.73. The molecule has 0 bridgehead atoms. The number of methoxy groups -OCH3 is 1. The van der Waals surface area contributed by atoms with Crippen LogP contribution in [0.5, 0.6) is 5.75 Å². The number of benzene rings is 2. The predicted molar refractivity (Wildman–Crippen MR) is 114 cm³/mol. The lowest BCUT2D eigenvalue weighted by atomic mass is 10.1. The Morgan fingerprint density at radius 1 is 1.07 bits per heavy atom. The normalized spacial score (nSPS) is 14.2. The third-order valence-corrected chi connectivity index (χ3v) is 5.05. The molecule has 1 heterocycles. The molecule has 1 amide bonds. The summed E-state index contributed by atoms with van der Waals surface area (Å²) in [5.41, 5.74) is 0.408. The fraction of sp³-hybridized carbons (Fsp3) is 0.333. The maximum absolute atomic E-state index is 13.2. The lowest BCUT2D eigenvalue weighted by Crippen LogP contribution is -2.35. The van der Waals surface area contributed by atoms with E-state index in [1.807, 2.05) is 4.90 Å². The lowest BCUT2D eigenvalue weighted by Gasteiger charge is -2.31. The average molecular weight is 437 g/mol. The molecule has 0 atom stereocenters. The predicted octanol–water partition coefficient (Wildman–Crippen LogP) is 4.83. The molecular formula is C21H22F3N3O2S. The highest BCUT2D eigenvalue weighted by atomic mass is 32.1. The zero-order chi connectivity index (χ0) is 21.7. The van der Waals surface area contributed by atoms with E-state index in [1.165, 1.54) is 13.2 Å². The minimum atomic E-state index is -4.48. The molecule has 0 aliphatic carbocycles. The second kappa shape index (κ2) is 9.34. The van der Waals surface area contributed by atoms with Gasteiger partial charge in [0.25, 0.3) is 5.91 Å². The lowest BCUT2D eigenvalue weighted by molar-refractivity contribution is -0.137. The Hall–Kier alpha value is -2.81. The van der Waals surface area contributed by atoms with Gasteiger partial charge in [-0.2, -0.15) is 13.2 Å². The van der Waals surface area contributed by atoms with Crippen molar-refractivity contribution in [2.24, 2.45) is 0 Å². The molecule has 160 valence electrons. The summed E-state index contributed by atoms with van der Waals surface area (Å²) < 4.78 is 44.7. The van der Waals surface area contributed by atoms with Gasteiger partial charge in [0.2, 0.25) is 0 Å². The number of hydrogen-bond acceptors (Lipinski definition) is 4. The molecule has 2 aromatic carbocycles. The Kier molecular flexibility index (Phi) is 6.81. The number of carbonyl (C=O) groups is 1. The van der Waals surface area contributed by atoms with E-state index in [0.717, 1.165) is 44.5 Å². The molecule has 9 heteroatoms. The summed E-state index contributed by atoms with van der Waals surface area (Å²) in [6.07, 6.45) is -1.45. The van der Waals surface area contributed by atoms with Gasteiger partial charge in [0.05, 0.1) is 24.0 Å². The van der Waals surface area contributed by atoms with Gasteiger partial charge in [0.1, 0.15) is 5.75 Å². The van der Waals surface area contributed by atoms with Crippen molar-refractivity contribution >= 4 is 34.6 Å². The Labute approximate surface area is 178 Å². The Morgan fingerprint density at radius 3 is 2.33 bits per heavy atom. The molecule has 0 spiro atoms. The van der Waals surface area contributed by atoms with Gasteiger partial charge in [0.15, 0.2) is 5.11 Å². The second-order valence-electron chi connectivity index (χ2n) is 6.91. The Bertz CT molecular complexity index is 911. The van der Waals surface area contributed by atoms with Crippen LogP contribution in [0, 0.1) is 0 Å². The van der Waals surface area contributed by atoms with Gasteiger partial charge < -0.3 is 15.0 Å². The largest absolute Gasteiger partial charge is 0.497 e. The van der Waals surface area contributed by atoms with Crippen LogP contribution in [0.15, 0.2) is 42.5 Å². The summed E-state index contributed by atoms with van der Waals surface area (Å²) in [4.78, 5) is 14.4. The van der Waals surface area contributed by atoms with E-state index < -0.39 is 17.6 Å². The molecule has 3 rings (SSSR count). The van der Waals surface area contributed by atoms with Crippen molar-refractivity contribution in [3.05, 3.63) is 53.6 Å². The van der Waals surface area contributed by atoms with Crippen LogP contribution in [0.25, 0.3) is 0 Å². The molecule has 1 saturated heterocycles. The number of ether oxygens (including phenoxy) is 1. The number of hydrogen-bond donors (Lipinski definition) is 2. The van der Waals surface area contributed by atoms with E-state index in [0.29, 0.717) is 17.0 Å². The van der Waals surface area contributed by atoms with E-state index in [4.69, 9.17) is 17.0 Å². The smallest absolute Gasteiger partial charge is 0.416 e. The highest BCUT2D eigenvalue weighted by Gasteiger charge is 2.31. The number of nitrogens with zero attached hydrogens (tertiary/aromatic N) is 1. The first-order valence-electron chi connectivity index (χ1n) is 9.50. The van der Waals surface area contributed by atoms with Crippen LogP contribution in [0.2, 0.25) is 0 Å². The molecule has 1 fully saturated rings. The van der Waals surface area contributed by atoms with Crippen molar-refractivity contribution in [1.29, 1.82) is 0 Å². The molecule has 0 saturated carbocycles. The summed E-state index contributed by atoms with van der Waals surface area (Å²) in [6.45, 7) is 1.51. The first-order chi connectivity index (χ1) is 14.3. The zero-order valence-electron chi connectivity index (χ0n) is 16.4. The topological polar surface area (TPSA) is 53.6 Å². The number of rotatable bonds is 4. The monoisotopic (exact) mass is 437 g/mol. The zero-order valence-corrected chi connectivity index (χ0v) is 17.2. The van der Waals surface area contributed by atoms with Crippen LogP contribution < -0.4 is 20.3 Å². The summed E-state index contributed by atoms with van der Waals surface area (Å²) in [7, 11) is 1.52. The number of piperidine rings is 1. The Balaban J connectivity index is 1.78. The molecule has 0 aromatic heterocycles. The minimum absolute atomic E-state index is 0.0756. The van der Waals surface area contributed by atoms with Gasteiger partial charge in [0, 0.05) is 18.7 Å². The van der Waals surface area contributed by atoms with Gasteiger partial charge >= 0.3 is 6.18 Å². The minimum Gasteiger partial charge on any atom is -0.497 e. The fourth-order valence-corrected chi connectivity index (χ4v) is 3.50. The van der Waals surface area contributed by atoms with Crippen molar-refractivity contribution in [2.45, 2.75) is 25.4 Å². The summed E-state index contributed by atoms with van der Waals surface area (Å²) in [5.74, 6) is 0.129. The SMILES string of the molecule is COc1ccc(C(=O)NC(=S)Nc2cc(C(F)(F)F)ccc2N2CCCCC2)cc1. The maximum atomic E-state index is 13.2. The van der Waals surface area contributed by atoms with Crippen LogP contribution in [-0.4, -0.2) is 31.2 Å². The Morgan fingerprint density at radius 2 is 1.73 bits per heavy atom. The number of amides is 1. The fourth-order valence-electron chi connectivity index (χ4n) is 3.29. The van der Waals surface area contributed by atoms with Gasteiger partial charge in [-0.05, 0) is 73.9 Å². The first-order valence-corrected chi connectivity index (χ1v) is 9.91. The number of alkyl halides is 3. The third kappa shape index (κ3) is 5.41. The second-order valence-corrected chi connectivity index (χ2v) is 7.32. The number of halogens is 3. The molecule has 1 aliphatic heterocycles. The third-order valence-electron chi connectivity index (χ3n) is 4.85. The van der Waals surface area contributed by atoms with Crippen LogP contribution in [0.4, 0.5) is 24.5 Å². The van der Waals surface area contributed by atoms with E-state index in [-0.39, 0.29) is 10.8 Å². The maximum Gasteiger partial charge on any atom is 0.416 e. The van der Waals surface area contributed by atoms with Crippen LogP contribution in [-0.2, 0) is 6.18 Å². The molecule has 5 nitrogen and oxygen atoms in total. The molecular weight excluding hydrogens is 415 g/mol. The van der Waals surface area contributed by atoms with E-state index in [2.05, 4.69) is 10.6 Å².